The van der Waals surface area contributed by atoms with Crippen LogP contribution < -0.4 is 14.7 Å². The lowest BCUT2D eigenvalue weighted by Crippen LogP contribution is -2.11. The van der Waals surface area contributed by atoms with Crippen molar-refractivity contribution in [1.29, 1.82) is 0 Å². The Balaban J connectivity index is 0.000000110. The number of rotatable bonds is 15. The van der Waals surface area contributed by atoms with Crippen molar-refractivity contribution in [2.24, 2.45) is 0 Å². The first-order chi connectivity index (χ1) is 68.4. The van der Waals surface area contributed by atoms with Crippen LogP contribution in [0.2, 0.25) is 0 Å². The Morgan fingerprint density at radius 1 is 0.123 bits per heavy atom. The summed E-state index contributed by atoms with van der Waals surface area (Å²) in [6.45, 7) is 0. The lowest BCUT2D eigenvalue weighted by molar-refractivity contribution is 0.669. The van der Waals surface area contributed by atoms with E-state index in [2.05, 4.69) is 524 Å². The topological polar surface area (TPSA) is 49.1 Å². The van der Waals surface area contributed by atoms with Crippen LogP contribution in [-0.4, -0.2) is 0 Å². The van der Waals surface area contributed by atoms with E-state index in [4.69, 9.17) is 13.3 Å². The summed E-state index contributed by atoms with van der Waals surface area (Å²) in [6, 6.07) is 188. The average molecular weight is 1760 g/mol. The summed E-state index contributed by atoms with van der Waals surface area (Å²) in [4.78, 5) is 7.14. The Bertz CT molecular complexity index is 9180. The maximum absolute atomic E-state index is 6.33. The smallest absolute Gasteiger partial charge is 0.136 e. The monoisotopic (exact) mass is 1760 g/mol. The molecule has 0 unspecified atom stereocenters. The predicted molar refractivity (Wildman–Crippen MR) is 583 cm³/mol. The quantitative estimate of drug-likeness (QED) is 0.0954. The molecule has 0 atom stereocenters. The molecule has 6 heteroatoms. The number of benzene rings is 24. The highest BCUT2D eigenvalue weighted by atomic mass is 16.3. The Labute approximate surface area is 798 Å². The molecule has 0 bridgehead atoms. The highest BCUT2D eigenvalue weighted by Gasteiger charge is 2.25. The van der Waals surface area contributed by atoms with Gasteiger partial charge in [0, 0.05) is 99.5 Å². The van der Waals surface area contributed by atoms with Crippen molar-refractivity contribution >= 4 is 182 Å². The molecule has 0 N–H and O–H groups in total. The largest absolute Gasteiger partial charge is 0.456 e. The summed E-state index contributed by atoms with van der Waals surface area (Å²) in [6.07, 6.45) is 0. The lowest BCUT2D eigenvalue weighted by Gasteiger charge is -2.28. The van der Waals surface area contributed by atoms with Crippen LogP contribution in [0.15, 0.2) is 541 Å². The predicted octanol–water partition coefficient (Wildman–Crippen LogP) is 38.1. The van der Waals surface area contributed by atoms with E-state index < -0.39 is 0 Å². The number of nitrogens with zero attached hydrogens (tertiary/aromatic N) is 3. The minimum absolute atomic E-state index is 0.911. The van der Waals surface area contributed by atoms with Gasteiger partial charge in [0.1, 0.15) is 33.5 Å². The Kier molecular flexibility index (Phi) is 20.9. The molecule has 0 spiro atoms. The van der Waals surface area contributed by atoms with E-state index in [1.807, 2.05) is 18.2 Å². The summed E-state index contributed by atoms with van der Waals surface area (Å²) >= 11 is 0. The zero-order valence-electron chi connectivity index (χ0n) is 75.3. The minimum atomic E-state index is 0.911. The third-order valence-corrected chi connectivity index (χ3v) is 27.1. The Morgan fingerprint density at radius 3 is 0.717 bits per heavy atom. The van der Waals surface area contributed by atoms with Crippen molar-refractivity contribution in [3.05, 3.63) is 528 Å². The Hall–Kier alpha value is -18.4. The van der Waals surface area contributed by atoms with E-state index in [1.165, 1.54) is 148 Å². The second kappa shape index (κ2) is 35.3. The molecule has 3 aromatic heterocycles. The normalized spacial score (nSPS) is 11.5. The molecule has 27 aromatic rings. The van der Waals surface area contributed by atoms with E-state index in [9.17, 15) is 0 Å². The van der Waals surface area contributed by atoms with Crippen LogP contribution in [0.5, 0.6) is 0 Å². The molecular weight excluding hydrogens is 1680 g/mol. The average Bonchev–Trinajstić information content (AvgIpc) is 1.57. The van der Waals surface area contributed by atoms with Gasteiger partial charge in [-0.1, -0.05) is 388 Å². The molecule has 0 aliphatic carbocycles. The number of hydrogen-bond donors (Lipinski definition) is 0. The lowest BCUT2D eigenvalue weighted by atomic mass is 9.96. The molecule has 648 valence electrons. The van der Waals surface area contributed by atoms with Crippen LogP contribution in [-0.2, 0) is 0 Å². The van der Waals surface area contributed by atoms with Crippen LogP contribution >= 0.6 is 0 Å². The first-order valence-electron chi connectivity index (χ1n) is 47.0. The molecule has 0 fully saturated rings. The van der Waals surface area contributed by atoms with Gasteiger partial charge in [-0.3, -0.25) is 0 Å². The van der Waals surface area contributed by atoms with Crippen molar-refractivity contribution in [2.45, 2.75) is 0 Å². The van der Waals surface area contributed by atoms with Gasteiger partial charge in [0.2, 0.25) is 0 Å². The fourth-order valence-electron chi connectivity index (χ4n) is 20.5. The van der Waals surface area contributed by atoms with Crippen molar-refractivity contribution in [1.82, 2.24) is 0 Å². The molecule has 0 radical (unpaired) electrons. The fraction of sp³-hybridized carbons (Fsp3) is 0. The van der Waals surface area contributed by atoms with E-state index in [1.54, 1.807) is 0 Å². The number of anilines is 9. The maximum Gasteiger partial charge on any atom is 0.136 e. The molecule has 0 saturated carbocycles. The van der Waals surface area contributed by atoms with Crippen molar-refractivity contribution < 1.29 is 13.3 Å². The molecule has 6 nitrogen and oxygen atoms in total. The molecule has 0 amide bonds. The molecule has 27 rings (SSSR count). The van der Waals surface area contributed by atoms with Crippen molar-refractivity contribution in [3.8, 4) is 66.8 Å². The summed E-state index contributed by atoms with van der Waals surface area (Å²) in [5.74, 6) is 0. The van der Waals surface area contributed by atoms with Crippen LogP contribution in [0.4, 0.5) is 51.2 Å². The molecule has 3 heterocycles. The van der Waals surface area contributed by atoms with E-state index in [-0.39, 0.29) is 0 Å². The second-order valence-corrected chi connectivity index (χ2v) is 35.3. The SMILES string of the molecule is c1ccc(-c2ccc(N(c3ccc4ccc5ccc6oc7ccccc7c6c5c4c3)c3ccccc3-c3ccccc3)cc2)cc1.c1ccc(-c2ccc(N(c3cccc(-c4ccccc4)c3)c3ccc4ccc5ccc6oc7ccccc7c6c5c4c3)cc2)cc1.c1ccc(-c2cccc(N(c3cccc(-c4ccccc4)c3)c3ccc4ccc5ccc6oc7ccccc7c6c5c4c3)c2)cc1. The van der Waals surface area contributed by atoms with Crippen LogP contribution in [0, 0.1) is 0 Å². The van der Waals surface area contributed by atoms with Gasteiger partial charge in [0.15, 0.2) is 0 Å². The van der Waals surface area contributed by atoms with Gasteiger partial charge in [0.25, 0.3) is 0 Å². The number of hydrogen-bond acceptors (Lipinski definition) is 6. The summed E-state index contributed by atoms with van der Waals surface area (Å²) in [5.41, 5.74) is 29.7. The number of furan rings is 3. The van der Waals surface area contributed by atoms with Gasteiger partial charge >= 0.3 is 0 Å². The maximum atomic E-state index is 6.33. The van der Waals surface area contributed by atoms with Crippen molar-refractivity contribution in [3.63, 3.8) is 0 Å². The highest BCUT2D eigenvalue weighted by Crippen LogP contribution is 2.50. The van der Waals surface area contributed by atoms with Crippen LogP contribution in [0.25, 0.3) is 197 Å². The molecule has 0 aliphatic rings. The van der Waals surface area contributed by atoms with Gasteiger partial charge < -0.3 is 28.0 Å². The fourth-order valence-corrected chi connectivity index (χ4v) is 20.5. The van der Waals surface area contributed by atoms with Gasteiger partial charge in [-0.25, -0.2) is 0 Å². The first kappa shape index (κ1) is 81.6. The minimum Gasteiger partial charge on any atom is -0.456 e. The van der Waals surface area contributed by atoms with E-state index >= 15 is 0 Å². The summed E-state index contributed by atoms with van der Waals surface area (Å²) in [7, 11) is 0. The molecular formula is C132H87N3O3. The van der Waals surface area contributed by atoms with E-state index in [0.717, 1.165) is 101 Å². The standard InChI is InChI=1S/3C44H29NO/c1-3-11-30(12-4-1)31-21-25-35(26-22-31)45(40-17-9-7-15-37(40)32-13-5-2-6-14-32)36-27-23-33-19-20-34-24-28-42-44(43(34)39(33)29-36)38-16-8-10-18-41(38)46-42;1-3-11-30(12-4-1)34-15-9-17-36(27-34)45(37-18-10-16-35(28-37)31-13-5-2-6-14-31)38-25-23-32-21-22-33-24-26-42-44(43(33)40(32)29-38)39-19-7-8-20-41(39)46-42;1-3-10-30(11-4-1)32-20-24-36(25-21-32)45(37-15-9-14-35(28-37)31-12-5-2-6-13-31)38-26-22-33-18-19-34-23-27-42-44(43(34)40(33)29-38)39-16-7-8-17-41(39)46-42/h3*1-29H. The highest BCUT2D eigenvalue weighted by molar-refractivity contribution is 6.30. The van der Waals surface area contributed by atoms with Gasteiger partial charge in [0.05, 0.1) is 5.69 Å². The third-order valence-electron chi connectivity index (χ3n) is 27.1. The third kappa shape index (κ3) is 15.2. The van der Waals surface area contributed by atoms with Crippen molar-refractivity contribution in [2.75, 3.05) is 14.7 Å². The van der Waals surface area contributed by atoms with Crippen LogP contribution in [0.3, 0.4) is 0 Å². The summed E-state index contributed by atoms with van der Waals surface area (Å²) < 4.78 is 19.0. The number of fused-ring (bicyclic) bond motifs is 21. The van der Waals surface area contributed by atoms with E-state index in [0.29, 0.717) is 0 Å². The second-order valence-electron chi connectivity index (χ2n) is 35.3. The Morgan fingerprint density at radius 2 is 0.362 bits per heavy atom. The molecule has 0 saturated heterocycles. The first-order valence-corrected chi connectivity index (χ1v) is 47.0. The zero-order chi connectivity index (χ0) is 91.4. The molecule has 0 aliphatic heterocycles. The zero-order valence-corrected chi connectivity index (χ0v) is 75.3. The number of para-hydroxylation sites is 4. The van der Waals surface area contributed by atoms with Gasteiger partial charge in [-0.2, -0.15) is 0 Å². The van der Waals surface area contributed by atoms with Gasteiger partial charge in [-0.05, 0) is 249 Å². The van der Waals surface area contributed by atoms with Crippen LogP contribution in [0.1, 0.15) is 0 Å². The molecule has 138 heavy (non-hydrogen) atoms. The molecule has 24 aromatic carbocycles. The summed E-state index contributed by atoms with van der Waals surface area (Å²) in [5, 5.41) is 21.4. The van der Waals surface area contributed by atoms with Gasteiger partial charge in [-0.15, -0.1) is 0 Å².